The summed E-state index contributed by atoms with van der Waals surface area (Å²) in [5.74, 6) is -0.255. The van der Waals surface area contributed by atoms with Crippen molar-refractivity contribution in [3.8, 4) is 0 Å². The molecule has 3 heteroatoms. The molecular formula is C8H15NO2. The predicted molar refractivity (Wildman–Crippen MR) is 42.4 cm³/mol. The smallest absolute Gasteiger partial charge is 0.307 e. The molecule has 64 valence electrons. The SMILES string of the molecule is CCC1CNCC(C(=O)O)C1. The molecule has 1 fully saturated rings. The van der Waals surface area contributed by atoms with Gasteiger partial charge in [-0.1, -0.05) is 13.3 Å². The molecule has 0 aromatic carbocycles. The van der Waals surface area contributed by atoms with Crippen LogP contribution in [0, 0.1) is 11.8 Å². The first-order chi connectivity index (χ1) is 5.24. The van der Waals surface area contributed by atoms with E-state index in [1.165, 1.54) is 0 Å². The van der Waals surface area contributed by atoms with Crippen LogP contribution >= 0.6 is 0 Å². The maximum atomic E-state index is 10.6. The molecule has 2 unspecified atom stereocenters. The van der Waals surface area contributed by atoms with E-state index in [1.54, 1.807) is 0 Å². The van der Waals surface area contributed by atoms with E-state index in [0.717, 1.165) is 19.4 Å². The van der Waals surface area contributed by atoms with E-state index < -0.39 is 5.97 Å². The van der Waals surface area contributed by atoms with Gasteiger partial charge in [0.05, 0.1) is 5.92 Å². The summed E-state index contributed by atoms with van der Waals surface area (Å²) >= 11 is 0. The fourth-order valence-electron chi connectivity index (χ4n) is 1.53. The maximum Gasteiger partial charge on any atom is 0.307 e. The molecule has 0 radical (unpaired) electrons. The van der Waals surface area contributed by atoms with Crippen molar-refractivity contribution in [3.63, 3.8) is 0 Å². The average Bonchev–Trinajstić information content (AvgIpc) is 2.05. The van der Waals surface area contributed by atoms with Gasteiger partial charge in [0.2, 0.25) is 0 Å². The molecule has 0 aromatic heterocycles. The Morgan fingerprint density at radius 2 is 2.36 bits per heavy atom. The lowest BCUT2D eigenvalue weighted by Gasteiger charge is -2.26. The van der Waals surface area contributed by atoms with Crippen molar-refractivity contribution >= 4 is 5.97 Å². The summed E-state index contributed by atoms with van der Waals surface area (Å²) < 4.78 is 0. The highest BCUT2D eigenvalue weighted by Gasteiger charge is 2.25. The number of aliphatic carboxylic acids is 1. The Bertz CT molecular complexity index is 147. The number of nitrogens with one attached hydrogen (secondary N) is 1. The van der Waals surface area contributed by atoms with Gasteiger partial charge in [-0.05, 0) is 18.9 Å². The van der Waals surface area contributed by atoms with Crippen molar-refractivity contribution in [3.05, 3.63) is 0 Å². The first-order valence-corrected chi connectivity index (χ1v) is 4.17. The first-order valence-electron chi connectivity index (χ1n) is 4.17. The molecular weight excluding hydrogens is 142 g/mol. The lowest BCUT2D eigenvalue weighted by molar-refractivity contribution is -0.142. The van der Waals surface area contributed by atoms with Crippen LogP contribution in [0.5, 0.6) is 0 Å². The van der Waals surface area contributed by atoms with Crippen LogP contribution in [-0.2, 0) is 4.79 Å². The Hall–Kier alpha value is -0.570. The molecule has 0 saturated carbocycles. The number of hydrogen-bond donors (Lipinski definition) is 2. The van der Waals surface area contributed by atoms with Gasteiger partial charge in [0, 0.05) is 6.54 Å². The van der Waals surface area contributed by atoms with Gasteiger partial charge < -0.3 is 10.4 Å². The number of carboxylic acids is 1. The van der Waals surface area contributed by atoms with E-state index in [-0.39, 0.29) is 5.92 Å². The Labute approximate surface area is 66.8 Å². The summed E-state index contributed by atoms with van der Waals surface area (Å²) in [4.78, 5) is 10.6. The molecule has 1 aliphatic heterocycles. The quantitative estimate of drug-likeness (QED) is 0.620. The molecule has 0 aromatic rings. The standard InChI is InChI=1S/C8H15NO2/c1-2-6-3-7(8(10)11)5-9-4-6/h6-7,9H,2-5H2,1H3,(H,10,11). The molecule has 3 nitrogen and oxygen atoms in total. The molecule has 0 aliphatic carbocycles. The first kappa shape index (κ1) is 8.53. The van der Waals surface area contributed by atoms with E-state index in [9.17, 15) is 4.79 Å². The van der Waals surface area contributed by atoms with Gasteiger partial charge in [0.25, 0.3) is 0 Å². The van der Waals surface area contributed by atoms with Gasteiger partial charge in [-0.2, -0.15) is 0 Å². The predicted octanol–water partition coefficient (Wildman–Crippen LogP) is 0.707. The second kappa shape index (κ2) is 3.72. The highest BCUT2D eigenvalue weighted by Crippen LogP contribution is 2.18. The third-order valence-corrected chi connectivity index (χ3v) is 2.37. The summed E-state index contributed by atoms with van der Waals surface area (Å²) in [6.45, 7) is 3.74. The molecule has 11 heavy (non-hydrogen) atoms. The number of rotatable bonds is 2. The molecule has 1 heterocycles. The second-order valence-electron chi connectivity index (χ2n) is 3.20. The molecule has 0 bridgehead atoms. The Kier molecular flexibility index (Phi) is 2.88. The molecule has 0 spiro atoms. The minimum Gasteiger partial charge on any atom is -0.481 e. The monoisotopic (exact) mass is 157 g/mol. The van der Waals surface area contributed by atoms with Crippen LogP contribution in [-0.4, -0.2) is 24.2 Å². The zero-order chi connectivity index (χ0) is 8.27. The summed E-state index contributed by atoms with van der Waals surface area (Å²) in [6, 6.07) is 0. The van der Waals surface area contributed by atoms with E-state index >= 15 is 0 Å². The normalized spacial score (nSPS) is 31.7. The molecule has 2 atom stereocenters. The van der Waals surface area contributed by atoms with Gasteiger partial charge in [0.1, 0.15) is 0 Å². The number of hydrogen-bond acceptors (Lipinski definition) is 2. The van der Waals surface area contributed by atoms with Crippen LogP contribution in [0.3, 0.4) is 0 Å². The lowest BCUT2D eigenvalue weighted by atomic mass is 9.89. The Morgan fingerprint density at radius 1 is 1.64 bits per heavy atom. The molecule has 0 amide bonds. The molecule has 1 aliphatic rings. The maximum absolute atomic E-state index is 10.6. The van der Waals surface area contributed by atoms with Crippen molar-refractivity contribution in [1.29, 1.82) is 0 Å². The van der Waals surface area contributed by atoms with E-state index in [1.807, 2.05) is 0 Å². The van der Waals surface area contributed by atoms with Crippen LogP contribution in [0.1, 0.15) is 19.8 Å². The summed E-state index contributed by atoms with van der Waals surface area (Å²) in [5.41, 5.74) is 0. The summed E-state index contributed by atoms with van der Waals surface area (Å²) in [5, 5.41) is 11.8. The summed E-state index contributed by atoms with van der Waals surface area (Å²) in [6.07, 6.45) is 1.93. The van der Waals surface area contributed by atoms with Crippen LogP contribution in [0.25, 0.3) is 0 Å². The van der Waals surface area contributed by atoms with Crippen molar-refractivity contribution in [2.75, 3.05) is 13.1 Å². The minimum atomic E-state index is -0.657. The van der Waals surface area contributed by atoms with Gasteiger partial charge in [0.15, 0.2) is 0 Å². The molecule has 2 N–H and O–H groups in total. The number of carboxylic acid groups (broad SMARTS) is 1. The highest BCUT2D eigenvalue weighted by atomic mass is 16.4. The van der Waals surface area contributed by atoms with Gasteiger partial charge in [-0.3, -0.25) is 4.79 Å². The largest absolute Gasteiger partial charge is 0.481 e. The fourth-order valence-corrected chi connectivity index (χ4v) is 1.53. The minimum absolute atomic E-state index is 0.159. The van der Waals surface area contributed by atoms with E-state index in [4.69, 9.17) is 5.11 Å². The Morgan fingerprint density at radius 3 is 2.91 bits per heavy atom. The third kappa shape index (κ3) is 2.19. The topological polar surface area (TPSA) is 49.3 Å². The Balaban J connectivity index is 2.39. The van der Waals surface area contributed by atoms with Crippen molar-refractivity contribution in [1.82, 2.24) is 5.32 Å². The van der Waals surface area contributed by atoms with Crippen LogP contribution < -0.4 is 5.32 Å². The van der Waals surface area contributed by atoms with Crippen LogP contribution in [0.4, 0.5) is 0 Å². The van der Waals surface area contributed by atoms with E-state index in [2.05, 4.69) is 12.2 Å². The van der Waals surface area contributed by atoms with Crippen LogP contribution in [0.2, 0.25) is 0 Å². The summed E-state index contributed by atoms with van der Waals surface area (Å²) in [7, 11) is 0. The van der Waals surface area contributed by atoms with Crippen molar-refractivity contribution < 1.29 is 9.90 Å². The van der Waals surface area contributed by atoms with Crippen molar-refractivity contribution in [2.45, 2.75) is 19.8 Å². The van der Waals surface area contributed by atoms with Gasteiger partial charge >= 0.3 is 5.97 Å². The average molecular weight is 157 g/mol. The van der Waals surface area contributed by atoms with Crippen LogP contribution in [0.15, 0.2) is 0 Å². The lowest BCUT2D eigenvalue weighted by Crippen LogP contribution is -2.39. The molecule has 1 saturated heterocycles. The molecule has 1 rings (SSSR count). The van der Waals surface area contributed by atoms with Gasteiger partial charge in [-0.15, -0.1) is 0 Å². The second-order valence-corrected chi connectivity index (χ2v) is 3.20. The fraction of sp³-hybridized carbons (Fsp3) is 0.875. The third-order valence-electron chi connectivity index (χ3n) is 2.37. The zero-order valence-electron chi connectivity index (χ0n) is 6.84. The van der Waals surface area contributed by atoms with Gasteiger partial charge in [-0.25, -0.2) is 0 Å². The van der Waals surface area contributed by atoms with E-state index in [0.29, 0.717) is 12.5 Å². The number of piperidine rings is 1. The van der Waals surface area contributed by atoms with Crippen molar-refractivity contribution in [2.24, 2.45) is 11.8 Å². The number of carbonyl (C=O) groups is 1. The zero-order valence-corrected chi connectivity index (χ0v) is 6.84. The highest BCUT2D eigenvalue weighted by molar-refractivity contribution is 5.70.